The lowest BCUT2D eigenvalue weighted by Crippen LogP contribution is -2.34. The molecule has 0 spiro atoms. The highest BCUT2D eigenvalue weighted by atomic mass is 32.1. The molecule has 7 heteroatoms. The zero-order valence-corrected chi connectivity index (χ0v) is 13.3. The second-order valence-corrected chi connectivity index (χ2v) is 5.53. The van der Waals surface area contributed by atoms with Gasteiger partial charge in [0.1, 0.15) is 0 Å². The number of nitrogens with zero attached hydrogens (tertiary/aromatic N) is 1. The fourth-order valence-corrected chi connectivity index (χ4v) is 2.71. The van der Waals surface area contributed by atoms with Crippen LogP contribution < -0.4 is 10.2 Å². The van der Waals surface area contributed by atoms with Crippen LogP contribution in [0.25, 0.3) is 0 Å². The molecule has 2 amide bonds. The van der Waals surface area contributed by atoms with Crippen molar-refractivity contribution in [3.63, 3.8) is 0 Å². The van der Waals surface area contributed by atoms with E-state index in [1.54, 1.807) is 23.8 Å². The number of anilines is 1. The number of nitrogens with one attached hydrogen (secondary N) is 1. The average Bonchev–Trinajstić information content (AvgIpc) is 3.06. The van der Waals surface area contributed by atoms with Gasteiger partial charge in [-0.3, -0.25) is 9.59 Å². The number of amides is 2. The Balaban J connectivity index is 1.92. The lowest BCUT2D eigenvalue weighted by Gasteiger charge is -2.21. The van der Waals surface area contributed by atoms with E-state index in [1.165, 1.54) is 22.3 Å². The highest BCUT2D eigenvalue weighted by molar-refractivity contribution is 7.08. The van der Waals surface area contributed by atoms with E-state index < -0.39 is 11.6 Å². The minimum Gasteiger partial charge on any atom is -0.351 e. The van der Waals surface area contributed by atoms with Crippen LogP contribution >= 0.6 is 11.3 Å². The summed E-state index contributed by atoms with van der Waals surface area (Å²) < 4.78 is 26.3. The lowest BCUT2D eigenvalue weighted by atomic mass is 10.2. The quantitative estimate of drug-likeness (QED) is 0.879. The van der Waals surface area contributed by atoms with E-state index in [4.69, 9.17) is 0 Å². The molecule has 1 aromatic carbocycles. The molecule has 0 bridgehead atoms. The summed E-state index contributed by atoms with van der Waals surface area (Å²) in [5.74, 6) is -2.47. The van der Waals surface area contributed by atoms with Gasteiger partial charge in [0.05, 0.1) is 0 Å². The number of halogens is 2. The second-order valence-electron chi connectivity index (χ2n) is 4.75. The second kappa shape index (κ2) is 7.82. The number of carbonyl (C=O) groups is 2. The van der Waals surface area contributed by atoms with Crippen LogP contribution in [-0.4, -0.2) is 24.9 Å². The Morgan fingerprint density at radius 1 is 1.22 bits per heavy atom. The predicted molar refractivity (Wildman–Crippen MR) is 85.7 cm³/mol. The number of carbonyl (C=O) groups excluding carboxylic acids is 2. The van der Waals surface area contributed by atoms with Crippen molar-refractivity contribution < 1.29 is 18.4 Å². The van der Waals surface area contributed by atoms with Crippen LogP contribution in [0.4, 0.5) is 14.5 Å². The van der Waals surface area contributed by atoms with E-state index in [-0.39, 0.29) is 24.8 Å². The Morgan fingerprint density at radius 2 is 2.00 bits per heavy atom. The molecule has 1 aromatic heterocycles. The van der Waals surface area contributed by atoms with Crippen LogP contribution in [0.3, 0.4) is 0 Å². The monoisotopic (exact) mass is 338 g/mol. The van der Waals surface area contributed by atoms with Crippen molar-refractivity contribution in [2.75, 3.05) is 18.0 Å². The SMILES string of the molecule is CCN(C(=O)CCNC(=O)c1ccsc1)c1ccc(F)c(F)c1. The topological polar surface area (TPSA) is 49.4 Å². The van der Waals surface area contributed by atoms with Crippen LogP contribution in [0.2, 0.25) is 0 Å². The predicted octanol–water partition coefficient (Wildman–Crippen LogP) is 3.20. The van der Waals surface area contributed by atoms with Crippen molar-refractivity contribution in [1.29, 1.82) is 0 Å². The molecular weight excluding hydrogens is 322 g/mol. The highest BCUT2D eigenvalue weighted by Gasteiger charge is 2.16. The normalized spacial score (nSPS) is 10.4. The minimum atomic E-state index is -1.00. The summed E-state index contributed by atoms with van der Waals surface area (Å²) in [7, 11) is 0. The molecule has 2 aromatic rings. The zero-order valence-electron chi connectivity index (χ0n) is 12.5. The van der Waals surface area contributed by atoms with E-state index in [2.05, 4.69) is 5.32 Å². The molecule has 1 N–H and O–H groups in total. The standard InChI is InChI=1S/C16H16F2N2O2S/c1-2-20(12-3-4-13(17)14(18)9-12)15(21)5-7-19-16(22)11-6-8-23-10-11/h3-4,6,8-10H,2,5,7H2,1H3,(H,19,22). The summed E-state index contributed by atoms with van der Waals surface area (Å²) in [6.07, 6.45) is 0.0721. The minimum absolute atomic E-state index is 0.0721. The summed E-state index contributed by atoms with van der Waals surface area (Å²) in [4.78, 5) is 25.3. The number of hydrogen-bond acceptors (Lipinski definition) is 3. The average molecular weight is 338 g/mol. The van der Waals surface area contributed by atoms with Gasteiger partial charge in [-0.25, -0.2) is 8.78 Å². The van der Waals surface area contributed by atoms with E-state index in [9.17, 15) is 18.4 Å². The molecule has 0 fully saturated rings. The molecule has 0 saturated heterocycles. The van der Waals surface area contributed by atoms with Gasteiger partial charge in [0.2, 0.25) is 5.91 Å². The van der Waals surface area contributed by atoms with Crippen molar-refractivity contribution in [3.05, 3.63) is 52.2 Å². The Hall–Kier alpha value is -2.28. The molecule has 0 atom stereocenters. The Bertz CT molecular complexity index is 689. The van der Waals surface area contributed by atoms with Gasteiger partial charge >= 0.3 is 0 Å². The molecule has 4 nitrogen and oxygen atoms in total. The third-order valence-corrected chi connectivity index (χ3v) is 3.92. The maximum atomic E-state index is 13.3. The van der Waals surface area contributed by atoms with Gasteiger partial charge in [0, 0.05) is 42.2 Å². The smallest absolute Gasteiger partial charge is 0.252 e. The molecule has 0 aliphatic rings. The molecule has 122 valence electrons. The third-order valence-electron chi connectivity index (χ3n) is 3.24. The van der Waals surface area contributed by atoms with Crippen LogP contribution in [-0.2, 0) is 4.79 Å². The number of hydrogen-bond donors (Lipinski definition) is 1. The number of thiophene rings is 1. The van der Waals surface area contributed by atoms with Gasteiger partial charge in [0.15, 0.2) is 11.6 Å². The summed E-state index contributed by atoms with van der Waals surface area (Å²) in [6, 6.07) is 5.02. The first kappa shape index (κ1) is 17.1. The molecule has 23 heavy (non-hydrogen) atoms. The first-order chi connectivity index (χ1) is 11.0. The maximum absolute atomic E-state index is 13.3. The van der Waals surface area contributed by atoms with Crippen LogP contribution in [0.1, 0.15) is 23.7 Å². The first-order valence-electron chi connectivity index (χ1n) is 7.08. The van der Waals surface area contributed by atoms with Crippen LogP contribution in [0.15, 0.2) is 35.0 Å². The van der Waals surface area contributed by atoms with Gasteiger partial charge in [-0.1, -0.05) is 0 Å². The first-order valence-corrected chi connectivity index (χ1v) is 8.03. The summed E-state index contributed by atoms with van der Waals surface area (Å²) in [5, 5.41) is 6.17. The summed E-state index contributed by atoms with van der Waals surface area (Å²) in [6.45, 7) is 2.24. The number of rotatable bonds is 6. The Morgan fingerprint density at radius 3 is 2.61 bits per heavy atom. The molecule has 0 aliphatic heterocycles. The third kappa shape index (κ3) is 4.35. The number of benzene rings is 1. The van der Waals surface area contributed by atoms with Crippen molar-refractivity contribution >= 4 is 28.8 Å². The van der Waals surface area contributed by atoms with Crippen LogP contribution in [0, 0.1) is 11.6 Å². The van der Waals surface area contributed by atoms with Crippen molar-refractivity contribution in [3.8, 4) is 0 Å². The van der Waals surface area contributed by atoms with Gasteiger partial charge in [-0.2, -0.15) is 11.3 Å². The molecular formula is C16H16F2N2O2S. The van der Waals surface area contributed by atoms with Gasteiger partial charge in [0.25, 0.3) is 5.91 Å². The summed E-state index contributed by atoms with van der Waals surface area (Å²) in [5.41, 5.74) is 0.843. The molecule has 0 aliphatic carbocycles. The van der Waals surface area contributed by atoms with E-state index in [1.807, 2.05) is 0 Å². The maximum Gasteiger partial charge on any atom is 0.252 e. The van der Waals surface area contributed by atoms with Crippen LogP contribution in [0.5, 0.6) is 0 Å². The molecule has 2 rings (SSSR count). The molecule has 1 heterocycles. The van der Waals surface area contributed by atoms with Gasteiger partial charge in [-0.05, 0) is 30.5 Å². The molecule has 0 saturated carbocycles. The zero-order chi connectivity index (χ0) is 16.8. The fraction of sp³-hybridized carbons (Fsp3) is 0.250. The van der Waals surface area contributed by atoms with Gasteiger partial charge < -0.3 is 10.2 Å². The lowest BCUT2D eigenvalue weighted by molar-refractivity contribution is -0.118. The molecule has 0 radical (unpaired) electrons. The highest BCUT2D eigenvalue weighted by Crippen LogP contribution is 2.18. The van der Waals surface area contributed by atoms with Crippen molar-refractivity contribution in [1.82, 2.24) is 5.32 Å². The Labute approximate surface area is 136 Å². The Kier molecular flexibility index (Phi) is 5.81. The molecule has 0 unspecified atom stereocenters. The van der Waals surface area contributed by atoms with Crippen molar-refractivity contribution in [2.24, 2.45) is 0 Å². The van der Waals surface area contributed by atoms with E-state index in [0.717, 1.165) is 12.1 Å². The summed E-state index contributed by atoms with van der Waals surface area (Å²) >= 11 is 1.41. The van der Waals surface area contributed by atoms with Gasteiger partial charge in [-0.15, -0.1) is 0 Å². The fourth-order valence-electron chi connectivity index (χ4n) is 2.07. The van der Waals surface area contributed by atoms with Crippen molar-refractivity contribution in [2.45, 2.75) is 13.3 Å². The largest absolute Gasteiger partial charge is 0.351 e. The van der Waals surface area contributed by atoms with E-state index in [0.29, 0.717) is 17.8 Å². The van der Waals surface area contributed by atoms with E-state index >= 15 is 0 Å².